The summed E-state index contributed by atoms with van der Waals surface area (Å²) in [6, 6.07) is 11.5. The quantitative estimate of drug-likeness (QED) is 0.910. The molecule has 0 aliphatic rings. The molecule has 3 nitrogen and oxygen atoms in total. The van der Waals surface area contributed by atoms with Gasteiger partial charge in [0.25, 0.3) is 0 Å². The van der Waals surface area contributed by atoms with Crippen molar-refractivity contribution in [3.63, 3.8) is 0 Å². The summed E-state index contributed by atoms with van der Waals surface area (Å²) in [5, 5.41) is 3.13. The predicted octanol–water partition coefficient (Wildman–Crippen LogP) is 3.83. The molecule has 2 rings (SSSR count). The van der Waals surface area contributed by atoms with Crippen LogP contribution in [-0.2, 0) is 6.54 Å². The number of para-hydroxylation sites is 1. The average molecular weight is 296 g/mol. The molecule has 0 radical (unpaired) electrons. The van der Waals surface area contributed by atoms with E-state index in [1.54, 1.807) is 18.3 Å². The maximum atomic E-state index is 12.3. The van der Waals surface area contributed by atoms with Crippen LogP contribution in [0.4, 0.5) is 13.2 Å². The first-order chi connectivity index (χ1) is 9.96. The number of halogens is 3. The minimum atomic E-state index is -4.69. The van der Waals surface area contributed by atoms with Gasteiger partial charge in [-0.1, -0.05) is 24.3 Å². The van der Waals surface area contributed by atoms with Crippen LogP contribution >= 0.6 is 0 Å². The molecule has 0 aliphatic heterocycles. The number of hydrogen-bond acceptors (Lipinski definition) is 3. The summed E-state index contributed by atoms with van der Waals surface area (Å²) < 4.78 is 41.0. The number of nitrogens with one attached hydrogen (secondary N) is 1. The molecule has 112 valence electrons. The number of hydrogen-bond donors (Lipinski definition) is 1. The Hall–Kier alpha value is -2.08. The predicted molar refractivity (Wildman–Crippen MR) is 72.6 cm³/mol. The fraction of sp³-hybridized carbons (Fsp3) is 0.267. The van der Waals surface area contributed by atoms with Gasteiger partial charge in [-0.3, -0.25) is 4.98 Å². The molecule has 0 spiro atoms. The topological polar surface area (TPSA) is 34.1 Å². The summed E-state index contributed by atoms with van der Waals surface area (Å²) in [5.41, 5.74) is 1.27. The second kappa shape index (κ2) is 6.58. The molecule has 0 saturated carbocycles. The fourth-order valence-corrected chi connectivity index (χ4v) is 1.87. The van der Waals surface area contributed by atoms with Gasteiger partial charge in [-0.05, 0) is 25.1 Å². The first-order valence-electron chi connectivity index (χ1n) is 6.43. The highest BCUT2D eigenvalue weighted by Gasteiger charge is 2.31. The second-order valence-corrected chi connectivity index (χ2v) is 4.51. The second-order valence-electron chi connectivity index (χ2n) is 4.51. The Balaban J connectivity index is 2.03. The molecule has 0 aliphatic carbocycles. The van der Waals surface area contributed by atoms with Crippen LogP contribution < -0.4 is 10.1 Å². The van der Waals surface area contributed by atoms with Crippen molar-refractivity contribution in [2.75, 3.05) is 0 Å². The van der Waals surface area contributed by atoms with Crippen molar-refractivity contribution in [1.29, 1.82) is 0 Å². The zero-order valence-electron chi connectivity index (χ0n) is 11.4. The largest absolute Gasteiger partial charge is 0.573 e. The van der Waals surface area contributed by atoms with Crippen LogP contribution in [0.25, 0.3) is 0 Å². The summed E-state index contributed by atoms with van der Waals surface area (Å²) in [4.78, 5) is 4.20. The molecule has 0 amide bonds. The van der Waals surface area contributed by atoms with E-state index in [2.05, 4.69) is 15.0 Å². The highest BCUT2D eigenvalue weighted by Crippen LogP contribution is 2.26. The lowest BCUT2D eigenvalue weighted by atomic mass is 10.1. The molecule has 1 atom stereocenters. The Bertz CT molecular complexity index is 573. The van der Waals surface area contributed by atoms with Crippen LogP contribution in [0.3, 0.4) is 0 Å². The van der Waals surface area contributed by atoms with Crippen LogP contribution in [0, 0.1) is 0 Å². The van der Waals surface area contributed by atoms with Crippen molar-refractivity contribution in [2.45, 2.75) is 25.9 Å². The number of ether oxygens (including phenoxy) is 1. The van der Waals surface area contributed by atoms with E-state index in [0.29, 0.717) is 5.56 Å². The smallest absolute Gasteiger partial charge is 0.405 e. The summed E-state index contributed by atoms with van der Waals surface area (Å²) in [5.74, 6) is -0.189. The van der Waals surface area contributed by atoms with E-state index >= 15 is 0 Å². The number of nitrogens with zero attached hydrogens (tertiary/aromatic N) is 1. The number of pyridine rings is 1. The molecule has 0 saturated heterocycles. The van der Waals surface area contributed by atoms with Crippen LogP contribution in [0.5, 0.6) is 5.75 Å². The molecule has 2 aromatic rings. The van der Waals surface area contributed by atoms with Gasteiger partial charge in [0.2, 0.25) is 0 Å². The molecular weight excluding hydrogens is 281 g/mol. The van der Waals surface area contributed by atoms with Gasteiger partial charge >= 0.3 is 6.36 Å². The van der Waals surface area contributed by atoms with Crippen molar-refractivity contribution >= 4 is 0 Å². The Morgan fingerprint density at radius 1 is 1.14 bits per heavy atom. The summed E-state index contributed by atoms with van der Waals surface area (Å²) in [7, 11) is 0. The molecule has 6 heteroatoms. The van der Waals surface area contributed by atoms with E-state index in [4.69, 9.17) is 0 Å². The van der Waals surface area contributed by atoms with Crippen molar-refractivity contribution < 1.29 is 17.9 Å². The van der Waals surface area contributed by atoms with Gasteiger partial charge in [0.15, 0.2) is 0 Å². The molecule has 0 bridgehead atoms. The van der Waals surface area contributed by atoms with Gasteiger partial charge in [-0.25, -0.2) is 0 Å². The standard InChI is InChI=1S/C15H15F3N2O/c1-11(13-7-4-5-9-19-13)20-10-12-6-2-3-8-14(12)21-15(16,17)18/h2-9,11,20H,10H2,1H3. The fourth-order valence-electron chi connectivity index (χ4n) is 1.87. The molecule has 1 unspecified atom stereocenters. The van der Waals surface area contributed by atoms with E-state index in [9.17, 15) is 13.2 Å². The SMILES string of the molecule is CC(NCc1ccccc1OC(F)(F)F)c1ccccn1. The first-order valence-corrected chi connectivity index (χ1v) is 6.43. The van der Waals surface area contributed by atoms with Gasteiger partial charge in [-0.2, -0.15) is 0 Å². The third-order valence-electron chi connectivity index (χ3n) is 2.93. The summed E-state index contributed by atoms with van der Waals surface area (Å²) in [6.07, 6.45) is -3.02. The van der Waals surface area contributed by atoms with Gasteiger partial charge in [-0.15, -0.1) is 13.2 Å². The van der Waals surface area contributed by atoms with Crippen LogP contribution in [-0.4, -0.2) is 11.3 Å². The Kier molecular flexibility index (Phi) is 4.80. The van der Waals surface area contributed by atoms with E-state index in [-0.39, 0.29) is 18.3 Å². The molecule has 1 aromatic heterocycles. The van der Waals surface area contributed by atoms with E-state index < -0.39 is 6.36 Å². The normalized spacial score (nSPS) is 13.0. The molecule has 1 heterocycles. The van der Waals surface area contributed by atoms with E-state index in [1.807, 2.05) is 25.1 Å². The molecule has 1 aromatic carbocycles. The third kappa shape index (κ3) is 4.75. The Labute approximate surface area is 120 Å². The van der Waals surface area contributed by atoms with E-state index in [0.717, 1.165) is 5.69 Å². The van der Waals surface area contributed by atoms with Crippen molar-refractivity contribution in [3.05, 3.63) is 59.9 Å². The van der Waals surface area contributed by atoms with Gasteiger partial charge < -0.3 is 10.1 Å². The highest BCUT2D eigenvalue weighted by atomic mass is 19.4. The lowest BCUT2D eigenvalue weighted by Gasteiger charge is -2.16. The van der Waals surface area contributed by atoms with Gasteiger partial charge in [0, 0.05) is 24.3 Å². The van der Waals surface area contributed by atoms with Gasteiger partial charge in [0.05, 0.1) is 5.69 Å². The maximum Gasteiger partial charge on any atom is 0.573 e. The Morgan fingerprint density at radius 3 is 2.52 bits per heavy atom. The van der Waals surface area contributed by atoms with Crippen molar-refractivity contribution in [1.82, 2.24) is 10.3 Å². The summed E-state index contributed by atoms with van der Waals surface area (Å²) >= 11 is 0. The average Bonchev–Trinajstić information content (AvgIpc) is 2.45. The number of aromatic nitrogens is 1. The zero-order valence-corrected chi connectivity index (χ0v) is 11.4. The summed E-state index contributed by atoms with van der Waals surface area (Å²) in [6.45, 7) is 2.15. The molecule has 21 heavy (non-hydrogen) atoms. The van der Waals surface area contributed by atoms with Gasteiger partial charge in [0.1, 0.15) is 5.75 Å². The Morgan fingerprint density at radius 2 is 1.86 bits per heavy atom. The van der Waals surface area contributed by atoms with Crippen molar-refractivity contribution in [3.8, 4) is 5.75 Å². The lowest BCUT2D eigenvalue weighted by molar-refractivity contribution is -0.274. The van der Waals surface area contributed by atoms with Crippen molar-refractivity contribution in [2.24, 2.45) is 0 Å². The monoisotopic (exact) mass is 296 g/mol. The zero-order chi connectivity index (χ0) is 15.3. The van der Waals surface area contributed by atoms with Crippen LogP contribution in [0.2, 0.25) is 0 Å². The maximum absolute atomic E-state index is 12.3. The van der Waals surface area contributed by atoms with Crippen LogP contribution in [0.1, 0.15) is 24.2 Å². The highest BCUT2D eigenvalue weighted by molar-refractivity contribution is 5.33. The number of rotatable bonds is 5. The lowest BCUT2D eigenvalue weighted by Crippen LogP contribution is -2.22. The minimum absolute atomic E-state index is 0.0786. The van der Waals surface area contributed by atoms with E-state index in [1.165, 1.54) is 12.1 Å². The minimum Gasteiger partial charge on any atom is -0.405 e. The molecular formula is C15H15F3N2O. The first kappa shape index (κ1) is 15.3. The number of benzene rings is 1. The van der Waals surface area contributed by atoms with Crippen LogP contribution in [0.15, 0.2) is 48.7 Å². The number of alkyl halides is 3. The molecule has 0 fully saturated rings. The molecule has 1 N–H and O–H groups in total. The third-order valence-corrected chi connectivity index (χ3v) is 2.93.